The third-order valence-electron chi connectivity index (χ3n) is 3.72. The van der Waals surface area contributed by atoms with Gasteiger partial charge in [-0.25, -0.2) is 0 Å². The zero-order chi connectivity index (χ0) is 16.3. The van der Waals surface area contributed by atoms with Gasteiger partial charge in [-0.15, -0.1) is 0 Å². The predicted octanol–water partition coefficient (Wildman–Crippen LogP) is 4.15. The third-order valence-corrected chi connectivity index (χ3v) is 4.80. The monoisotopic (exact) mass is 319 g/mol. The standard InChI is InChI=1S/C17H22NO3P/c1-4-14-6-8-15(9-7-14)18-17(22(19,20)21)16-10-5-12(2)11-13(16)3/h5-11,17-18H,4H2,1-3H3,(H2,19,20,21)/t17-/m0/s1. The second-order valence-electron chi connectivity index (χ2n) is 5.55. The number of benzene rings is 2. The maximum Gasteiger partial charge on any atom is 0.352 e. The lowest BCUT2D eigenvalue weighted by Crippen LogP contribution is -2.12. The Kier molecular flexibility index (Phi) is 5.07. The predicted molar refractivity (Wildman–Crippen MR) is 90.1 cm³/mol. The molecule has 2 aromatic carbocycles. The molecule has 5 heteroatoms. The number of nitrogens with one attached hydrogen (secondary N) is 1. The van der Waals surface area contributed by atoms with Crippen LogP contribution >= 0.6 is 7.60 Å². The number of anilines is 1. The van der Waals surface area contributed by atoms with Crippen LogP contribution in [0.2, 0.25) is 0 Å². The normalized spacial score (nSPS) is 13.0. The van der Waals surface area contributed by atoms with Crippen LogP contribution in [0.3, 0.4) is 0 Å². The fourth-order valence-corrected chi connectivity index (χ4v) is 3.44. The van der Waals surface area contributed by atoms with Gasteiger partial charge in [0.25, 0.3) is 0 Å². The molecule has 0 unspecified atom stereocenters. The van der Waals surface area contributed by atoms with E-state index >= 15 is 0 Å². The highest BCUT2D eigenvalue weighted by Gasteiger charge is 2.31. The Bertz CT molecular complexity index is 692. The topological polar surface area (TPSA) is 69.6 Å². The van der Waals surface area contributed by atoms with Crippen LogP contribution in [-0.2, 0) is 11.0 Å². The summed E-state index contributed by atoms with van der Waals surface area (Å²) < 4.78 is 11.9. The highest BCUT2D eigenvalue weighted by Crippen LogP contribution is 2.52. The molecule has 0 spiro atoms. The minimum Gasteiger partial charge on any atom is -0.368 e. The van der Waals surface area contributed by atoms with Crippen molar-refractivity contribution in [3.05, 3.63) is 64.7 Å². The van der Waals surface area contributed by atoms with E-state index in [4.69, 9.17) is 0 Å². The van der Waals surface area contributed by atoms with Crippen molar-refractivity contribution < 1.29 is 14.4 Å². The average Bonchev–Trinajstić information content (AvgIpc) is 2.45. The fraction of sp³-hybridized carbons (Fsp3) is 0.294. The molecule has 0 aliphatic rings. The summed E-state index contributed by atoms with van der Waals surface area (Å²) in [5, 5.41) is 2.98. The lowest BCUT2D eigenvalue weighted by molar-refractivity contribution is 0.363. The van der Waals surface area contributed by atoms with Crippen LogP contribution in [0.25, 0.3) is 0 Å². The number of hydrogen-bond donors (Lipinski definition) is 3. The van der Waals surface area contributed by atoms with Crippen LogP contribution in [0.4, 0.5) is 5.69 Å². The highest BCUT2D eigenvalue weighted by atomic mass is 31.2. The Labute approximate surface area is 131 Å². The van der Waals surface area contributed by atoms with Gasteiger partial charge in [-0.1, -0.05) is 42.8 Å². The van der Waals surface area contributed by atoms with Gasteiger partial charge in [0, 0.05) is 5.69 Å². The Morgan fingerprint density at radius 3 is 2.23 bits per heavy atom. The molecule has 0 aromatic heterocycles. The second-order valence-corrected chi connectivity index (χ2v) is 7.24. The SMILES string of the molecule is CCc1ccc(N[C@H](c2ccc(C)cc2C)P(=O)(O)O)cc1. The Balaban J connectivity index is 2.36. The van der Waals surface area contributed by atoms with Gasteiger partial charge in [0.2, 0.25) is 0 Å². The molecule has 0 heterocycles. The number of aryl methyl sites for hydroxylation is 3. The van der Waals surface area contributed by atoms with Crippen molar-refractivity contribution in [2.75, 3.05) is 5.32 Å². The van der Waals surface area contributed by atoms with Crippen molar-refractivity contribution >= 4 is 13.3 Å². The van der Waals surface area contributed by atoms with Gasteiger partial charge < -0.3 is 15.1 Å². The molecule has 2 rings (SSSR count). The molecule has 0 aliphatic heterocycles. The van der Waals surface area contributed by atoms with Gasteiger partial charge in [0.05, 0.1) is 0 Å². The summed E-state index contributed by atoms with van der Waals surface area (Å²) in [4.78, 5) is 19.5. The molecule has 0 radical (unpaired) electrons. The smallest absolute Gasteiger partial charge is 0.352 e. The summed E-state index contributed by atoms with van der Waals surface area (Å²) in [6.07, 6.45) is 0.930. The lowest BCUT2D eigenvalue weighted by Gasteiger charge is -2.23. The van der Waals surface area contributed by atoms with E-state index in [0.717, 1.165) is 17.5 Å². The molecule has 0 amide bonds. The first-order valence-corrected chi connectivity index (χ1v) is 8.97. The molecule has 0 bridgehead atoms. The van der Waals surface area contributed by atoms with Crippen molar-refractivity contribution in [2.45, 2.75) is 33.0 Å². The van der Waals surface area contributed by atoms with Crippen LogP contribution in [0.1, 0.15) is 35.0 Å². The van der Waals surface area contributed by atoms with Crippen LogP contribution < -0.4 is 5.32 Å². The Hall–Kier alpha value is -1.61. The van der Waals surface area contributed by atoms with Gasteiger partial charge in [-0.2, -0.15) is 0 Å². The summed E-state index contributed by atoms with van der Waals surface area (Å²) in [5.41, 5.74) is 4.44. The van der Waals surface area contributed by atoms with E-state index in [1.807, 2.05) is 50.2 Å². The number of hydrogen-bond acceptors (Lipinski definition) is 2. The van der Waals surface area contributed by atoms with E-state index in [2.05, 4.69) is 12.2 Å². The van der Waals surface area contributed by atoms with E-state index in [-0.39, 0.29) is 0 Å². The van der Waals surface area contributed by atoms with Gasteiger partial charge in [0.1, 0.15) is 0 Å². The van der Waals surface area contributed by atoms with Gasteiger partial charge in [-0.3, -0.25) is 4.57 Å². The van der Waals surface area contributed by atoms with E-state index in [1.165, 1.54) is 5.56 Å². The summed E-state index contributed by atoms with van der Waals surface area (Å²) in [6, 6.07) is 13.2. The maximum absolute atomic E-state index is 11.9. The van der Waals surface area contributed by atoms with Crippen LogP contribution in [0.15, 0.2) is 42.5 Å². The van der Waals surface area contributed by atoms with Crippen molar-refractivity contribution in [1.82, 2.24) is 0 Å². The molecule has 3 N–H and O–H groups in total. The summed E-state index contributed by atoms with van der Waals surface area (Å²) in [5.74, 6) is -1.04. The first-order valence-electron chi connectivity index (χ1n) is 7.29. The highest BCUT2D eigenvalue weighted by molar-refractivity contribution is 7.52. The van der Waals surface area contributed by atoms with Crippen molar-refractivity contribution in [2.24, 2.45) is 0 Å². The Morgan fingerprint density at radius 2 is 1.73 bits per heavy atom. The fourth-order valence-electron chi connectivity index (χ4n) is 2.47. The van der Waals surface area contributed by atoms with Crippen LogP contribution in [0.5, 0.6) is 0 Å². The molecule has 0 fully saturated rings. The maximum atomic E-state index is 11.9. The van der Waals surface area contributed by atoms with E-state index in [0.29, 0.717) is 11.3 Å². The van der Waals surface area contributed by atoms with E-state index in [1.54, 1.807) is 6.07 Å². The quantitative estimate of drug-likeness (QED) is 0.724. The zero-order valence-electron chi connectivity index (χ0n) is 13.1. The first-order chi connectivity index (χ1) is 10.3. The van der Waals surface area contributed by atoms with Crippen molar-refractivity contribution in [1.29, 1.82) is 0 Å². The summed E-state index contributed by atoms with van der Waals surface area (Å²) in [6.45, 7) is 5.89. The molecule has 0 saturated heterocycles. The first kappa shape index (κ1) is 16.8. The van der Waals surface area contributed by atoms with Gasteiger partial charge >= 0.3 is 7.60 Å². The van der Waals surface area contributed by atoms with Crippen LogP contribution in [0, 0.1) is 13.8 Å². The second kappa shape index (κ2) is 6.66. The zero-order valence-corrected chi connectivity index (χ0v) is 14.0. The van der Waals surface area contributed by atoms with Crippen LogP contribution in [-0.4, -0.2) is 9.79 Å². The molecule has 118 valence electrons. The van der Waals surface area contributed by atoms with Gasteiger partial charge in [0.15, 0.2) is 5.78 Å². The molecular formula is C17H22NO3P. The molecular weight excluding hydrogens is 297 g/mol. The molecule has 2 aromatic rings. The molecule has 4 nitrogen and oxygen atoms in total. The molecule has 0 aliphatic carbocycles. The number of rotatable bonds is 5. The largest absolute Gasteiger partial charge is 0.368 e. The lowest BCUT2D eigenvalue weighted by atomic mass is 10.1. The van der Waals surface area contributed by atoms with Crippen molar-refractivity contribution in [3.63, 3.8) is 0 Å². The third kappa shape index (κ3) is 3.98. The minimum absolute atomic E-state index is 0.624. The van der Waals surface area contributed by atoms with Crippen molar-refractivity contribution in [3.8, 4) is 0 Å². The molecule has 22 heavy (non-hydrogen) atoms. The van der Waals surface area contributed by atoms with E-state index in [9.17, 15) is 14.4 Å². The average molecular weight is 319 g/mol. The Morgan fingerprint density at radius 1 is 1.09 bits per heavy atom. The minimum atomic E-state index is -4.34. The molecule has 0 saturated carbocycles. The molecule has 1 atom stereocenters. The summed E-state index contributed by atoms with van der Waals surface area (Å²) in [7, 11) is -4.34. The van der Waals surface area contributed by atoms with E-state index < -0.39 is 13.4 Å². The van der Waals surface area contributed by atoms with Gasteiger partial charge in [-0.05, 0) is 49.1 Å². The summed E-state index contributed by atoms with van der Waals surface area (Å²) >= 11 is 0.